The fourth-order valence-corrected chi connectivity index (χ4v) is 8.74. The van der Waals surface area contributed by atoms with Gasteiger partial charge in [0.25, 0.3) is 0 Å². The van der Waals surface area contributed by atoms with Crippen LogP contribution in [0.1, 0.15) is 102 Å². The molecule has 6 N–H and O–H groups in total. The number of anilines is 1. The molecule has 0 spiro atoms. The molecule has 1 aliphatic carbocycles. The van der Waals surface area contributed by atoms with Crippen molar-refractivity contribution in [1.82, 2.24) is 26.3 Å². The van der Waals surface area contributed by atoms with Gasteiger partial charge in [0, 0.05) is 18.5 Å². The van der Waals surface area contributed by atoms with Crippen LogP contribution in [0.4, 0.5) is 5.69 Å². The number of hydrogen-bond acceptors (Lipinski definition) is 8. The van der Waals surface area contributed by atoms with E-state index in [4.69, 9.17) is 5.21 Å². The summed E-state index contributed by atoms with van der Waals surface area (Å²) in [5, 5.41) is 20.2. The Labute approximate surface area is 312 Å². The first-order valence-electron chi connectivity index (χ1n) is 18.5. The average Bonchev–Trinajstić information content (AvgIpc) is 3.33. The van der Waals surface area contributed by atoms with E-state index in [1.807, 2.05) is 42.5 Å². The molecule has 2 unspecified atom stereocenters. The standard InChI is InChI=1S/C25H36N4O3S.C14H20N2O3/c1-15(26-4)22(30)28-19-12-13-33-20-14-25(2,3)21(29(20)24(19)32)23(31)27-18-11-7-9-16-8-5-6-10-17(16)18;17-13(15-12-8-4-3-5-9-12)10-6-1-2-7-11-14(18)16-19/h5-6,8,10,15,18-21,26H,7,9,11-14H2,1-4H3,(H,27,31)(H,28,30);3-5,8-9,19H,1-2,6-7,10-11H2,(H,15,17)(H,16,18)/t15-,18+,19-,20?,21?;/m0./s1. The van der Waals surface area contributed by atoms with Gasteiger partial charge in [0.2, 0.25) is 29.5 Å². The van der Waals surface area contributed by atoms with Crippen molar-refractivity contribution in [3.05, 3.63) is 65.7 Å². The minimum Gasteiger partial charge on any atom is -0.347 e. The number of amides is 5. The summed E-state index contributed by atoms with van der Waals surface area (Å²) in [6.45, 7) is 5.92. The van der Waals surface area contributed by atoms with Crippen molar-refractivity contribution in [2.45, 2.75) is 121 Å². The predicted octanol–water partition coefficient (Wildman–Crippen LogP) is 4.83. The molecule has 2 heterocycles. The lowest BCUT2D eigenvalue weighted by atomic mass is 9.83. The molecule has 0 bridgehead atoms. The molecule has 2 fully saturated rings. The fourth-order valence-electron chi connectivity index (χ4n) is 7.16. The quantitative estimate of drug-likeness (QED) is 0.0966. The monoisotopic (exact) mass is 736 g/mol. The molecule has 5 atom stereocenters. The number of aryl methyl sites for hydroxylation is 1. The predicted molar refractivity (Wildman–Crippen MR) is 203 cm³/mol. The number of fused-ring (bicyclic) bond motifs is 2. The highest BCUT2D eigenvalue weighted by Crippen LogP contribution is 2.46. The van der Waals surface area contributed by atoms with Gasteiger partial charge in [-0.3, -0.25) is 29.2 Å². The minimum absolute atomic E-state index is 0.0132. The molecule has 3 aliphatic rings. The summed E-state index contributed by atoms with van der Waals surface area (Å²) in [5.41, 5.74) is 4.54. The Kier molecular flexibility index (Phi) is 15.5. The van der Waals surface area contributed by atoms with Gasteiger partial charge in [-0.15, -0.1) is 11.8 Å². The van der Waals surface area contributed by atoms with Crippen LogP contribution in [0.5, 0.6) is 0 Å². The van der Waals surface area contributed by atoms with Gasteiger partial charge < -0.3 is 26.2 Å². The van der Waals surface area contributed by atoms with Gasteiger partial charge in [-0.05, 0) is 93.3 Å². The first-order valence-corrected chi connectivity index (χ1v) is 19.6. The zero-order valence-corrected chi connectivity index (χ0v) is 31.7. The number of nitrogens with one attached hydrogen (secondary N) is 5. The molecule has 2 saturated heterocycles. The molecule has 0 aromatic heterocycles. The summed E-state index contributed by atoms with van der Waals surface area (Å²) >= 11 is 1.72. The van der Waals surface area contributed by atoms with Crippen molar-refractivity contribution in [3.8, 4) is 0 Å². The molecular formula is C39H56N6O6S. The van der Waals surface area contributed by atoms with Crippen LogP contribution in [0.15, 0.2) is 54.6 Å². The van der Waals surface area contributed by atoms with E-state index in [2.05, 4.69) is 47.2 Å². The summed E-state index contributed by atoms with van der Waals surface area (Å²) in [7, 11) is 1.72. The number of carbonyl (C=O) groups excluding carboxylic acids is 5. The van der Waals surface area contributed by atoms with Crippen molar-refractivity contribution in [1.29, 1.82) is 0 Å². The number of likely N-dealkylation sites (N-methyl/N-ethyl adjacent to an activating group) is 1. The van der Waals surface area contributed by atoms with Crippen molar-refractivity contribution in [2.24, 2.45) is 5.41 Å². The van der Waals surface area contributed by atoms with Crippen LogP contribution >= 0.6 is 11.8 Å². The van der Waals surface area contributed by atoms with Crippen LogP contribution in [0.2, 0.25) is 0 Å². The van der Waals surface area contributed by atoms with Crippen molar-refractivity contribution in [2.75, 3.05) is 18.1 Å². The Morgan fingerprint density at radius 2 is 1.58 bits per heavy atom. The minimum atomic E-state index is -0.606. The van der Waals surface area contributed by atoms with Crippen LogP contribution in [0.25, 0.3) is 0 Å². The second kappa shape index (κ2) is 19.8. The van der Waals surface area contributed by atoms with Crippen LogP contribution in [-0.4, -0.2) is 75.9 Å². The number of para-hydroxylation sites is 1. The molecule has 12 nitrogen and oxygen atoms in total. The normalized spacial score (nSPS) is 22.3. The van der Waals surface area contributed by atoms with Gasteiger partial charge in [-0.1, -0.05) is 69.2 Å². The van der Waals surface area contributed by atoms with Crippen LogP contribution in [0.3, 0.4) is 0 Å². The number of nitrogens with zero attached hydrogens (tertiary/aromatic N) is 1. The number of unbranched alkanes of at least 4 members (excludes halogenated alkanes) is 3. The van der Waals surface area contributed by atoms with Crippen LogP contribution in [0, 0.1) is 5.41 Å². The first kappa shape index (κ1) is 40.8. The Morgan fingerprint density at radius 1 is 0.904 bits per heavy atom. The topological polar surface area (TPSA) is 169 Å². The van der Waals surface area contributed by atoms with Crippen LogP contribution < -0.4 is 26.7 Å². The van der Waals surface area contributed by atoms with E-state index < -0.39 is 12.1 Å². The van der Waals surface area contributed by atoms with Gasteiger partial charge in [0.15, 0.2) is 0 Å². The Balaban J connectivity index is 0.000000272. The maximum absolute atomic E-state index is 13.7. The van der Waals surface area contributed by atoms with Crippen molar-refractivity contribution < 1.29 is 29.2 Å². The third-order valence-electron chi connectivity index (χ3n) is 10.1. The highest BCUT2D eigenvalue weighted by molar-refractivity contribution is 7.99. The van der Waals surface area contributed by atoms with E-state index in [-0.39, 0.29) is 52.4 Å². The summed E-state index contributed by atoms with van der Waals surface area (Å²) in [6, 6.07) is 16.1. The summed E-state index contributed by atoms with van der Waals surface area (Å²) in [4.78, 5) is 64.0. The fraction of sp³-hybridized carbons (Fsp3) is 0.564. The molecular weight excluding hydrogens is 681 g/mol. The molecule has 5 rings (SSSR count). The van der Waals surface area contributed by atoms with E-state index in [9.17, 15) is 24.0 Å². The molecule has 2 aromatic carbocycles. The SMILES string of the molecule is CN[C@@H](C)C(=O)N[C@H]1CCSC2CC(C)(C)C(C(=O)N[C@@H]3CCCc4ccccc43)N2C1=O.O=C(CCCCCCC(=O)Nc1ccccc1)NO. The highest BCUT2D eigenvalue weighted by Gasteiger charge is 2.54. The Hall–Kier alpha value is -3.94. The molecule has 5 amide bonds. The smallest absolute Gasteiger partial charge is 0.246 e. The summed E-state index contributed by atoms with van der Waals surface area (Å²) in [5.74, 6) is -0.00418. The Bertz CT molecular complexity index is 1520. The summed E-state index contributed by atoms with van der Waals surface area (Å²) < 4.78 is 0. The molecule has 52 heavy (non-hydrogen) atoms. The molecule has 0 radical (unpaired) electrons. The lowest BCUT2D eigenvalue weighted by Crippen LogP contribution is -2.58. The lowest BCUT2D eigenvalue weighted by Gasteiger charge is -2.36. The molecule has 13 heteroatoms. The van der Waals surface area contributed by atoms with E-state index >= 15 is 0 Å². The largest absolute Gasteiger partial charge is 0.347 e. The molecule has 2 aliphatic heterocycles. The average molecular weight is 737 g/mol. The number of hydrogen-bond donors (Lipinski definition) is 6. The number of rotatable bonds is 13. The number of carbonyl (C=O) groups is 5. The van der Waals surface area contributed by atoms with Gasteiger partial charge in [0.05, 0.1) is 17.5 Å². The van der Waals surface area contributed by atoms with Crippen LogP contribution in [-0.2, 0) is 30.4 Å². The van der Waals surface area contributed by atoms with Gasteiger partial charge in [0.1, 0.15) is 12.1 Å². The number of hydroxylamine groups is 1. The second-order valence-electron chi connectivity index (χ2n) is 14.5. The maximum Gasteiger partial charge on any atom is 0.246 e. The zero-order chi connectivity index (χ0) is 37.7. The van der Waals surface area contributed by atoms with Gasteiger partial charge in [-0.2, -0.15) is 0 Å². The maximum atomic E-state index is 13.7. The zero-order valence-electron chi connectivity index (χ0n) is 30.9. The van der Waals surface area contributed by atoms with E-state index in [1.54, 1.807) is 36.1 Å². The molecule has 2 aromatic rings. The highest BCUT2D eigenvalue weighted by atomic mass is 32.2. The Morgan fingerprint density at radius 3 is 2.27 bits per heavy atom. The third-order valence-corrected chi connectivity index (χ3v) is 11.4. The lowest BCUT2D eigenvalue weighted by molar-refractivity contribution is -0.144. The second-order valence-corrected chi connectivity index (χ2v) is 15.8. The number of thioether (sulfide) groups is 1. The first-order chi connectivity index (χ1) is 24.9. The van der Waals surface area contributed by atoms with Crippen molar-refractivity contribution >= 4 is 47.0 Å². The molecule has 284 valence electrons. The summed E-state index contributed by atoms with van der Waals surface area (Å²) in [6.07, 6.45) is 8.44. The van der Waals surface area contributed by atoms with Crippen molar-refractivity contribution in [3.63, 3.8) is 0 Å². The molecule has 0 saturated carbocycles. The third kappa shape index (κ3) is 11.3. The van der Waals surface area contributed by atoms with E-state index in [0.717, 1.165) is 62.8 Å². The van der Waals surface area contributed by atoms with E-state index in [1.165, 1.54) is 11.1 Å². The van der Waals surface area contributed by atoms with E-state index in [0.29, 0.717) is 19.3 Å². The number of benzene rings is 2. The van der Waals surface area contributed by atoms with Gasteiger partial charge in [-0.25, -0.2) is 5.48 Å². The van der Waals surface area contributed by atoms with Gasteiger partial charge >= 0.3 is 0 Å².